The van der Waals surface area contributed by atoms with E-state index in [0.29, 0.717) is 11.7 Å². The number of anilines is 1. The average molecular weight is 255 g/mol. The Morgan fingerprint density at radius 3 is 2.88 bits per heavy atom. The minimum atomic E-state index is -0.489. The highest BCUT2D eigenvalue weighted by atomic mass is 35.5. The molecule has 17 heavy (non-hydrogen) atoms. The smallest absolute Gasteiger partial charge is 0.414 e. The highest BCUT2D eigenvalue weighted by molar-refractivity contribution is 6.29. The number of fused-ring (bicyclic) bond motifs is 1. The van der Waals surface area contributed by atoms with Crippen molar-refractivity contribution in [2.24, 2.45) is 0 Å². The van der Waals surface area contributed by atoms with E-state index in [1.54, 1.807) is 17.2 Å². The maximum atomic E-state index is 12.0. The molecule has 0 saturated carbocycles. The van der Waals surface area contributed by atoms with Crippen LogP contribution in [0.1, 0.15) is 26.3 Å². The second-order valence-electron chi connectivity index (χ2n) is 5.02. The van der Waals surface area contributed by atoms with Crippen molar-refractivity contribution in [3.05, 3.63) is 23.0 Å². The van der Waals surface area contributed by atoms with Gasteiger partial charge in [-0.2, -0.15) is 0 Å². The molecule has 1 aliphatic rings. The Labute approximate surface area is 106 Å². The molecule has 2 heterocycles. The molecule has 2 rings (SSSR count). The number of amides is 1. The maximum Gasteiger partial charge on any atom is 0.414 e. The van der Waals surface area contributed by atoms with E-state index in [-0.39, 0.29) is 6.09 Å². The third-order valence-corrected chi connectivity index (χ3v) is 2.64. The molecule has 0 aliphatic carbocycles. The predicted molar refractivity (Wildman–Crippen MR) is 66.5 cm³/mol. The highest BCUT2D eigenvalue weighted by Crippen LogP contribution is 2.30. The Morgan fingerprint density at radius 2 is 2.24 bits per heavy atom. The lowest BCUT2D eigenvalue weighted by molar-refractivity contribution is 0.0584. The fraction of sp³-hybridized carbons (Fsp3) is 0.500. The van der Waals surface area contributed by atoms with E-state index in [1.165, 1.54) is 0 Å². The molecule has 1 aliphatic heterocycles. The van der Waals surface area contributed by atoms with Gasteiger partial charge in [0, 0.05) is 12.7 Å². The summed E-state index contributed by atoms with van der Waals surface area (Å²) in [6.07, 6.45) is 2.17. The molecule has 0 aromatic carbocycles. The highest BCUT2D eigenvalue weighted by Gasteiger charge is 2.29. The van der Waals surface area contributed by atoms with Crippen LogP contribution in [0.15, 0.2) is 12.3 Å². The van der Waals surface area contributed by atoms with Crippen molar-refractivity contribution in [2.45, 2.75) is 32.8 Å². The molecule has 5 heteroatoms. The average Bonchev–Trinajstić information content (AvgIpc) is 2.57. The first kappa shape index (κ1) is 12.2. The Morgan fingerprint density at radius 1 is 1.53 bits per heavy atom. The van der Waals surface area contributed by atoms with Crippen LogP contribution in [-0.4, -0.2) is 23.2 Å². The van der Waals surface area contributed by atoms with Crippen LogP contribution < -0.4 is 4.90 Å². The summed E-state index contributed by atoms with van der Waals surface area (Å²) in [4.78, 5) is 17.6. The van der Waals surface area contributed by atoms with Gasteiger partial charge in [-0.25, -0.2) is 9.78 Å². The molecule has 0 bridgehead atoms. The van der Waals surface area contributed by atoms with Crippen molar-refractivity contribution in [3.8, 4) is 0 Å². The molecular formula is C12H15ClN2O2. The van der Waals surface area contributed by atoms with Gasteiger partial charge in [-0.15, -0.1) is 0 Å². The van der Waals surface area contributed by atoms with Crippen LogP contribution in [0.3, 0.4) is 0 Å². The Bertz CT molecular complexity index is 454. The van der Waals surface area contributed by atoms with E-state index in [0.717, 1.165) is 17.7 Å². The number of ether oxygens (including phenoxy) is 1. The second-order valence-corrected chi connectivity index (χ2v) is 5.40. The SMILES string of the molecule is CC(C)(C)OC(=O)N1CCc2cnc(Cl)cc21. The number of hydrogen-bond donors (Lipinski definition) is 0. The molecule has 0 saturated heterocycles. The Hall–Kier alpha value is -1.29. The third kappa shape index (κ3) is 2.69. The first-order valence-corrected chi connectivity index (χ1v) is 5.89. The van der Waals surface area contributed by atoms with Crippen molar-refractivity contribution < 1.29 is 9.53 Å². The molecule has 0 spiro atoms. The fourth-order valence-corrected chi connectivity index (χ4v) is 1.90. The summed E-state index contributed by atoms with van der Waals surface area (Å²) in [6, 6.07) is 1.70. The summed E-state index contributed by atoms with van der Waals surface area (Å²) in [5.41, 5.74) is 1.34. The van der Waals surface area contributed by atoms with Crippen LogP contribution in [0.5, 0.6) is 0 Å². The van der Waals surface area contributed by atoms with E-state index in [9.17, 15) is 4.79 Å². The summed E-state index contributed by atoms with van der Waals surface area (Å²) >= 11 is 5.84. The van der Waals surface area contributed by atoms with Crippen molar-refractivity contribution in [1.29, 1.82) is 0 Å². The van der Waals surface area contributed by atoms with Gasteiger partial charge in [0.05, 0.1) is 5.69 Å². The molecule has 1 aromatic rings. The predicted octanol–water partition coefficient (Wildman–Crippen LogP) is 3.03. The van der Waals surface area contributed by atoms with Gasteiger partial charge < -0.3 is 4.74 Å². The standard InChI is InChI=1S/C12H15ClN2O2/c1-12(2,3)17-11(16)15-5-4-8-7-14-10(13)6-9(8)15/h6-7H,4-5H2,1-3H3. The van der Waals surface area contributed by atoms with Crippen LogP contribution >= 0.6 is 11.6 Å². The normalized spacial score (nSPS) is 14.7. The van der Waals surface area contributed by atoms with Crippen molar-refractivity contribution in [1.82, 2.24) is 4.98 Å². The quantitative estimate of drug-likeness (QED) is 0.669. The molecule has 0 radical (unpaired) electrons. The number of aromatic nitrogens is 1. The largest absolute Gasteiger partial charge is 0.443 e. The van der Waals surface area contributed by atoms with Gasteiger partial charge in [0.15, 0.2) is 0 Å². The zero-order valence-corrected chi connectivity index (χ0v) is 10.9. The van der Waals surface area contributed by atoms with Gasteiger partial charge >= 0.3 is 6.09 Å². The second kappa shape index (κ2) is 4.18. The minimum absolute atomic E-state index is 0.335. The molecule has 0 unspecified atom stereocenters. The van der Waals surface area contributed by atoms with Gasteiger partial charge in [-0.1, -0.05) is 11.6 Å². The van der Waals surface area contributed by atoms with E-state index < -0.39 is 5.60 Å². The summed E-state index contributed by atoms with van der Waals surface area (Å²) in [6.45, 7) is 6.16. The number of carbonyl (C=O) groups is 1. The van der Waals surface area contributed by atoms with Gasteiger partial charge in [0.1, 0.15) is 10.8 Å². The lowest BCUT2D eigenvalue weighted by Gasteiger charge is -2.24. The lowest BCUT2D eigenvalue weighted by atomic mass is 10.2. The minimum Gasteiger partial charge on any atom is -0.443 e. The number of halogens is 1. The summed E-state index contributed by atoms with van der Waals surface area (Å²) < 4.78 is 5.34. The van der Waals surface area contributed by atoms with Gasteiger partial charge in [-0.3, -0.25) is 4.90 Å². The molecule has 1 amide bonds. The van der Waals surface area contributed by atoms with Gasteiger partial charge in [0.2, 0.25) is 0 Å². The number of carbonyl (C=O) groups excluding carboxylic acids is 1. The van der Waals surface area contributed by atoms with Crippen LogP contribution in [0.2, 0.25) is 5.15 Å². The van der Waals surface area contributed by atoms with E-state index in [4.69, 9.17) is 16.3 Å². The van der Waals surface area contributed by atoms with Crippen molar-refractivity contribution in [2.75, 3.05) is 11.4 Å². The van der Waals surface area contributed by atoms with Crippen LogP contribution in [0, 0.1) is 0 Å². The molecule has 0 atom stereocenters. The number of nitrogens with zero attached hydrogens (tertiary/aromatic N) is 2. The number of rotatable bonds is 0. The third-order valence-electron chi connectivity index (χ3n) is 2.44. The number of hydrogen-bond acceptors (Lipinski definition) is 3. The fourth-order valence-electron chi connectivity index (χ4n) is 1.75. The summed E-state index contributed by atoms with van der Waals surface area (Å²) in [7, 11) is 0. The zero-order valence-electron chi connectivity index (χ0n) is 10.2. The van der Waals surface area contributed by atoms with Gasteiger partial charge in [0.25, 0.3) is 0 Å². The topological polar surface area (TPSA) is 42.4 Å². The summed E-state index contributed by atoms with van der Waals surface area (Å²) in [5.74, 6) is 0. The molecule has 0 fully saturated rings. The van der Waals surface area contributed by atoms with Crippen LogP contribution in [0.4, 0.5) is 10.5 Å². The molecule has 92 valence electrons. The first-order valence-electron chi connectivity index (χ1n) is 5.52. The van der Waals surface area contributed by atoms with Crippen LogP contribution in [0.25, 0.3) is 0 Å². The Balaban J connectivity index is 2.22. The van der Waals surface area contributed by atoms with E-state index in [1.807, 2.05) is 20.8 Å². The molecule has 0 N–H and O–H groups in total. The van der Waals surface area contributed by atoms with Gasteiger partial charge in [-0.05, 0) is 38.8 Å². The van der Waals surface area contributed by atoms with E-state index >= 15 is 0 Å². The van der Waals surface area contributed by atoms with Crippen molar-refractivity contribution in [3.63, 3.8) is 0 Å². The monoisotopic (exact) mass is 254 g/mol. The molecular weight excluding hydrogens is 240 g/mol. The Kier molecular flexibility index (Phi) is 3.00. The van der Waals surface area contributed by atoms with E-state index in [2.05, 4.69) is 4.98 Å². The van der Waals surface area contributed by atoms with Crippen LogP contribution in [-0.2, 0) is 11.2 Å². The van der Waals surface area contributed by atoms with Crippen molar-refractivity contribution >= 4 is 23.4 Å². The molecule has 4 nitrogen and oxygen atoms in total. The first-order chi connectivity index (χ1) is 7.87. The lowest BCUT2D eigenvalue weighted by Crippen LogP contribution is -2.35. The maximum absolute atomic E-state index is 12.0. The molecule has 1 aromatic heterocycles. The summed E-state index contributed by atoms with van der Waals surface area (Å²) in [5, 5.41) is 0.388. The zero-order chi connectivity index (χ0) is 12.6. The number of pyridine rings is 1.